The summed E-state index contributed by atoms with van der Waals surface area (Å²) in [6, 6.07) is 24.8. The first-order chi connectivity index (χ1) is 14.3. The fraction of sp³-hybridized carbons (Fsp3) is 0.217. The van der Waals surface area contributed by atoms with Gasteiger partial charge in [-0.1, -0.05) is 60.7 Å². The Hall–Kier alpha value is -3.03. The highest BCUT2D eigenvalue weighted by atomic mass is 32.2. The third-order valence-corrected chi connectivity index (χ3v) is 7.84. The molecule has 30 heavy (non-hydrogen) atoms. The van der Waals surface area contributed by atoms with Crippen LogP contribution in [0.2, 0.25) is 0 Å². The van der Waals surface area contributed by atoms with Gasteiger partial charge in [-0.2, -0.15) is 4.31 Å². The summed E-state index contributed by atoms with van der Waals surface area (Å²) in [6.07, 6.45) is 0.646. The molecule has 1 fully saturated rings. The topological polar surface area (TPSA) is 80.5 Å². The normalized spacial score (nSPS) is 18.9. The van der Waals surface area contributed by atoms with Crippen molar-refractivity contribution < 1.29 is 13.3 Å². The molecule has 1 aliphatic rings. The van der Waals surface area contributed by atoms with Gasteiger partial charge in [0.1, 0.15) is 0 Å². The Bertz CT molecular complexity index is 1110. The molecule has 1 heterocycles. The molecule has 0 aromatic heterocycles. The van der Waals surface area contributed by atoms with E-state index >= 15 is 0 Å². The number of sulfonamides is 1. The highest BCUT2D eigenvalue weighted by Crippen LogP contribution is 2.45. The van der Waals surface area contributed by atoms with E-state index in [9.17, 15) is 18.5 Å². The van der Waals surface area contributed by atoms with Gasteiger partial charge in [-0.15, -0.1) is 0 Å². The van der Waals surface area contributed by atoms with Crippen molar-refractivity contribution in [3.8, 4) is 0 Å². The third kappa shape index (κ3) is 3.40. The zero-order valence-electron chi connectivity index (χ0n) is 16.5. The first kappa shape index (κ1) is 20.3. The lowest BCUT2D eigenvalue weighted by Crippen LogP contribution is -2.37. The zero-order valence-corrected chi connectivity index (χ0v) is 17.3. The molecule has 1 unspecified atom stereocenters. The zero-order chi connectivity index (χ0) is 21.4. The van der Waals surface area contributed by atoms with E-state index < -0.39 is 20.4 Å². The Balaban J connectivity index is 1.77. The second kappa shape index (κ2) is 7.66. The van der Waals surface area contributed by atoms with Crippen molar-refractivity contribution in [2.24, 2.45) is 0 Å². The second-order valence-corrected chi connectivity index (χ2v) is 9.56. The Morgan fingerprint density at radius 2 is 1.40 bits per heavy atom. The van der Waals surface area contributed by atoms with Gasteiger partial charge < -0.3 is 0 Å². The molecular weight excluding hydrogens is 400 g/mol. The van der Waals surface area contributed by atoms with Crippen LogP contribution in [0.5, 0.6) is 0 Å². The molecule has 0 radical (unpaired) electrons. The van der Waals surface area contributed by atoms with Crippen LogP contribution in [0.3, 0.4) is 0 Å². The van der Waals surface area contributed by atoms with Gasteiger partial charge >= 0.3 is 0 Å². The monoisotopic (exact) mass is 422 g/mol. The number of rotatable bonds is 5. The van der Waals surface area contributed by atoms with E-state index in [2.05, 4.69) is 0 Å². The van der Waals surface area contributed by atoms with Gasteiger partial charge in [0.25, 0.3) is 5.69 Å². The summed E-state index contributed by atoms with van der Waals surface area (Å²) in [5.74, 6) is 0. The first-order valence-electron chi connectivity index (χ1n) is 9.72. The van der Waals surface area contributed by atoms with Crippen LogP contribution in [0.4, 0.5) is 5.69 Å². The molecule has 0 N–H and O–H groups in total. The van der Waals surface area contributed by atoms with Crippen molar-refractivity contribution in [2.45, 2.75) is 29.7 Å². The van der Waals surface area contributed by atoms with Crippen molar-refractivity contribution in [1.82, 2.24) is 4.31 Å². The Morgan fingerprint density at radius 1 is 0.900 bits per heavy atom. The lowest BCUT2D eigenvalue weighted by Gasteiger charge is -2.30. The molecule has 154 valence electrons. The van der Waals surface area contributed by atoms with Crippen LogP contribution in [0.15, 0.2) is 89.8 Å². The summed E-state index contributed by atoms with van der Waals surface area (Å²) >= 11 is 0. The van der Waals surface area contributed by atoms with Crippen LogP contribution in [0.1, 0.15) is 24.5 Å². The highest BCUT2D eigenvalue weighted by Gasteiger charge is 2.49. The molecule has 0 amide bonds. The molecule has 0 saturated carbocycles. The number of nitro groups is 1. The van der Waals surface area contributed by atoms with Gasteiger partial charge in [0, 0.05) is 30.1 Å². The molecule has 3 aromatic carbocycles. The highest BCUT2D eigenvalue weighted by molar-refractivity contribution is 7.89. The number of nitrogens with zero attached hydrogens (tertiary/aromatic N) is 2. The Morgan fingerprint density at radius 3 is 1.87 bits per heavy atom. The molecule has 1 atom stereocenters. The maximum atomic E-state index is 13.4. The number of non-ortho nitro benzene ring substituents is 1. The largest absolute Gasteiger partial charge is 0.269 e. The molecule has 0 bridgehead atoms. The van der Waals surface area contributed by atoms with Crippen LogP contribution in [0, 0.1) is 10.1 Å². The van der Waals surface area contributed by atoms with Crippen LogP contribution in [0.25, 0.3) is 0 Å². The predicted octanol–water partition coefficient (Wildman–Crippen LogP) is 4.36. The smallest absolute Gasteiger partial charge is 0.258 e. The first-order valence-corrected chi connectivity index (χ1v) is 11.2. The summed E-state index contributed by atoms with van der Waals surface area (Å²) in [6.45, 7) is 2.22. The van der Waals surface area contributed by atoms with E-state index in [0.717, 1.165) is 11.1 Å². The fourth-order valence-corrected chi connectivity index (χ4v) is 6.08. The third-order valence-electron chi connectivity index (χ3n) is 5.87. The average molecular weight is 423 g/mol. The summed E-state index contributed by atoms with van der Waals surface area (Å²) in [7, 11) is -3.81. The molecular formula is C23H22N2O4S. The van der Waals surface area contributed by atoms with Crippen LogP contribution in [-0.4, -0.2) is 30.2 Å². The minimum atomic E-state index is -3.81. The molecule has 1 saturated heterocycles. The van der Waals surface area contributed by atoms with Gasteiger partial charge in [-0.3, -0.25) is 10.1 Å². The quantitative estimate of drug-likeness (QED) is 0.452. The lowest BCUT2D eigenvalue weighted by atomic mass is 9.73. The minimum Gasteiger partial charge on any atom is -0.258 e. The standard InChI is InChI=1S/C23H22N2O4S/c1-18-16-23(19-8-4-2-5-9-19,20-10-6-3-7-11-20)17-24(18)30(28,29)22-14-12-21(13-15-22)25(26)27/h2-15,18H,16-17H2,1H3. The summed E-state index contributed by atoms with van der Waals surface area (Å²) in [5, 5.41) is 10.9. The van der Waals surface area contributed by atoms with E-state index in [1.54, 1.807) is 0 Å². The Kier molecular flexibility index (Phi) is 5.17. The number of hydrogen-bond acceptors (Lipinski definition) is 4. The molecule has 0 aliphatic carbocycles. The minimum absolute atomic E-state index is 0.0665. The summed E-state index contributed by atoms with van der Waals surface area (Å²) < 4.78 is 28.4. The molecule has 7 heteroatoms. The molecule has 4 rings (SSSR count). The predicted molar refractivity (Wildman–Crippen MR) is 115 cm³/mol. The van der Waals surface area contributed by atoms with Crippen LogP contribution < -0.4 is 0 Å². The number of nitro benzene ring substituents is 1. The van der Waals surface area contributed by atoms with Crippen molar-refractivity contribution in [1.29, 1.82) is 0 Å². The van der Waals surface area contributed by atoms with Gasteiger partial charge in [-0.05, 0) is 36.6 Å². The maximum absolute atomic E-state index is 13.4. The van der Waals surface area contributed by atoms with E-state index in [0.29, 0.717) is 13.0 Å². The maximum Gasteiger partial charge on any atom is 0.269 e. The van der Waals surface area contributed by atoms with Gasteiger partial charge in [0.05, 0.1) is 9.82 Å². The summed E-state index contributed by atoms with van der Waals surface area (Å²) in [5.41, 5.74) is 1.55. The molecule has 1 aliphatic heterocycles. The summed E-state index contributed by atoms with van der Waals surface area (Å²) in [4.78, 5) is 10.4. The van der Waals surface area contributed by atoms with Crippen molar-refractivity contribution in [3.05, 3.63) is 106 Å². The van der Waals surface area contributed by atoms with Gasteiger partial charge in [-0.25, -0.2) is 8.42 Å². The van der Waals surface area contributed by atoms with E-state index in [1.165, 1.54) is 28.6 Å². The fourth-order valence-electron chi connectivity index (χ4n) is 4.39. The number of hydrogen-bond donors (Lipinski definition) is 0. The molecule has 3 aromatic rings. The van der Waals surface area contributed by atoms with E-state index in [4.69, 9.17) is 0 Å². The van der Waals surface area contributed by atoms with Crippen molar-refractivity contribution in [2.75, 3.05) is 6.54 Å². The molecule has 0 spiro atoms. The van der Waals surface area contributed by atoms with Gasteiger partial charge in [0.15, 0.2) is 0 Å². The van der Waals surface area contributed by atoms with Crippen molar-refractivity contribution in [3.63, 3.8) is 0 Å². The number of benzene rings is 3. The van der Waals surface area contributed by atoms with E-state index in [-0.39, 0.29) is 16.6 Å². The Labute approximate surface area is 176 Å². The van der Waals surface area contributed by atoms with E-state index in [1.807, 2.05) is 67.6 Å². The van der Waals surface area contributed by atoms with Gasteiger partial charge in [0.2, 0.25) is 10.0 Å². The molecule has 6 nitrogen and oxygen atoms in total. The second-order valence-electron chi connectivity index (χ2n) is 7.67. The SMILES string of the molecule is CC1CC(c2ccccc2)(c2ccccc2)CN1S(=O)(=O)c1ccc([N+](=O)[O-])cc1. The van der Waals surface area contributed by atoms with Crippen LogP contribution in [-0.2, 0) is 15.4 Å². The van der Waals surface area contributed by atoms with Crippen LogP contribution >= 0.6 is 0 Å². The van der Waals surface area contributed by atoms with Crippen molar-refractivity contribution >= 4 is 15.7 Å². The average Bonchev–Trinajstić information content (AvgIpc) is 3.14. The lowest BCUT2D eigenvalue weighted by molar-refractivity contribution is -0.384.